The summed E-state index contributed by atoms with van der Waals surface area (Å²) in [4.78, 5) is 0. The first-order chi connectivity index (χ1) is 15.0. The van der Waals surface area contributed by atoms with Gasteiger partial charge in [-0.15, -0.1) is 0 Å². The van der Waals surface area contributed by atoms with Crippen LogP contribution < -0.4 is 0 Å². The Morgan fingerprint density at radius 1 is 0.516 bits per heavy atom. The monoisotopic (exact) mass is 458 g/mol. The summed E-state index contributed by atoms with van der Waals surface area (Å²) < 4.78 is 13.2. The fourth-order valence-corrected chi connectivity index (χ4v) is 6.86. The molecule has 0 bridgehead atoms. The molecule has 0 aliphatic heterocycles. The molecular weight excluding hydrogens is 398 g/mol. The lowest BCUT2D eigenvalue weighted by atomic mass is 10.0. The van der Waals surface area contributed by atoms with Gasteiger partial charge in [-0.2, -0.15) is 0 Å². The summed E-state index contributed by atoms with van der Waals surface area (Å²) in [6.45, 7) is 10.4. The lowest BCUT2D eigenvalue weighted by molar-refractivity contribution is -0.829. The van der Waals surface area contributed by atoms with E-state index in [1.165, 1.54) is 116 Å². The van der Waals surface area contributed by atoms with Crippen molar-refractivity contribution in [3.63, 3.8) is 0 Å². The fourth-order valence-electron chi connectivity index (χ4n) is 4.78. The van der Waals surface area contributed by atoms with Crippen LogP contribution in [0.5, 0.6) is 0 Å². The second-order valence-electron chi connectivity index (χ2n) is 10.0. The molecule has 0 amide bonds. The molecule has 0 spiro atoms. The van der Waals surface area contributed by atoms with E-state index >= 15 is 0 Å². The van der Waals surface area contributed by atoms with Crippen molar-refractivity contribution in [2.45, 2.75) is 149 Å². The number of hydrogen-bond donors (Lipinski definition) is 0. The molecule has 0 aliphatic carbocycles. The average Bonchev–Trinajstić information content (AvgIpc) is 2.75. The maximum Gasteiger partial charge on any atom is 0.586 e. The van der Waals surface area contributed by atoms with Crippen molar-refractivity contribution in [3.8, 4) is 0 Å². The van der Waals surface area contributed by atoms with Gasteiger partial charge in [-0.05, 0) is 33.1 Å². The van der Waals surface area contributed by atoms with Crippen molar-refractivity contribution in [1.82, 2.24) is 0 Å². The van der Waals surface area contributed by atoms with Crippen LogP contribution in [-0.2, 0) is 8.85 Å². The van der Waals surface area contributed by atoms with Gasteiger partial charge >= 0.3 is 9.45 Å². The third-order valence-electron chi connectivity index (χ3n) is 6.87. The van der Waals surface area contributed by atoms with E-state index in [-0.39, 0.29) is 0 Å². The predicted molar refractivity (Wildman–Crippen MR) is 141 cm³/mol. The van der Waals surface area contributed by atoms with Crippen LogP contribution in [-0.4, -0.2) is 46.9 Å². The number of unbranched alkanes of at least 4 members (excludes halogenated alkanes) is 14. The average molecular weight is 459 g/mol. The van der Waals surface area contributed by atoms with Crippen molar-refractivity contribution in [2.24, 2.45) is 0 Å². The van der Waals surface area contributed by atoms with Crippen LogP contribution in [0.25, 0.3) is 0 Å². The quantitative estimate of drug-likeness (QED) is 0.107. The van der Waals surface area contributed by atoms with Crippen molar-refractivity contribution in [2.75, 3.05) is 27.3 Å². The van der Waals surface area contributed by atoms with Gasteiger partial charge in [0.2, 0.25) is 0 Å². The van der Waals surface area contributed by atoms with Gasteiger partial charge in [-0.3, -0.25) is 0 Å². The van der Waals surface area contributed by atoms with E-state index in [4.69, 9.17) is 8.85 Å². The number of hydrogen-bond acceptors (Lipinski definition) is 2. The van der Waals surface area contributed by atoms with Crippen LogP contribution in [0.1, 0.15) is 143 Å². The van der Waals surface area contributed by atoms with Crippen molar-refractivity contribution in [1.29, 1.82) is 0 Å². The van der Waals surface area contributed by atoms with Crippen LogP contribution in [0.2, 0.25) is 0 Å². The van der Waals surface area contributed by atoms with Gasteiger partial charge in [0.05, 0.1) is 20.1 Å². The van der Waals surface area contributed by atoms with E-state index in [0.717, 1.165) is 17.4 Å². The zero-order chi connectivity index (χ0) is 23.2. The van der Waals surface area contributed by atoms with Gasteiger partial charge in [0.15, 0.2) is 0 Å². The third-order valence-corrected chi connectivity index (χ3v) is 9.61. The molecule has 3 nitrogen and oxygen atoms in total. The Hall–Kier alpha value is 0.0969. The molecule has 0 saturated heterocycles. The van der Waals surface area contributed by atoms with Gasteiger partial charge < -0.3 is 13.0 Å². The Morgan fingerprint density at radius 2 is 0.903 bits per heavy atom. The molecule has 0 heterocycles. The van der Waals surface area contributed by atoms with Gasteiger partial charge in [0, 0.05) is 13.2 Å². The molecule has 0 saturated carbocycles. The SMILES string of the molecule is CCCCCCCCCCCCCCCCCC(CCC)[N+](C)(C)[SiH](OCC)OCC. The predicted octanol–water partition coefficient (Wildman–Crippen LogP) is 8.28. The summed E-state index contributed by atoms with van der Waals surface area (Å²) in [6.07, 6.45) is 25.4. The Labute approximate surface area is 199 Å². The van der Waals surface area contributed by atoms with Crippen LogP contribution in [0, 0.1) is 0 Å². The highest BCUT2D eigenvalue weighted by molar-refractivity contribution is 6.35. The fraction of sp³-hybridized carbons (Fsp3) is 1.00. The number of quaternary nitrogens is 1. The van der Waals surface area contributed by atoms with Crippen LogP contribution in [0.15, 0.2) is 0 Å². The van der Waals surface area contributed by atoms with Gasteiger partial charge in [0.1, 0.15) is 0 Å². The zero-order valence-electron chi connectivity index (χ0n) is 22.6. The first-order valence-corrected chi connectivity index (χ1v) is 15.6. The van der Waals surface area contributed by atoms with Crippen LogP contribution in [0.3, 0.4) is 0 Å². The standard InChI is InChI=1S/C27H60NO2Si/c1-7-11-12-13-14-15-16-17-18-19-20-21-22-23-24-26-27(25-8-2)28(5,6)31(29-9-3)30-10-4/h27,31H,7-26H2,1-6H3/q+1. The van der Waals surface area contributed by atoms with E-state index in [0.29, 0.717) is 6.04 Å². The second kappa shape index (κ2) is 21.9. The van der Waals surface area contributed by atoms with E-state index in [1.54, 1.807) is 0 Å². The van der Waals surface area contributed by atoms with Crippen molar-refractivity contribution < 1.29 is 13.0 Å². The Morgan fingerprint density at radius 3 is 1.26 bits per heavy atom. The summed E-state index contributed by atoms with van der Waals surface area (Å²) in [6, 6.07) is 0.682. The molecule has 0 radical (unpaired) electrons. The molecule has 0 aliphatic rings. The highest BCUT2D eigenvalue weighted by Gasteiger charge is 2.40. The van der Waals surface area contributed by atoms with E-state index in [2.05, 4.69) is 41.8 Å². The molecule has 1 unspecified atom stereocenters. The molecule has 0 fully saturated rings. The molecule has 31 heavy (non-hydrogen) atoms. The molecule has 188 valence electrons. The minimum absolute atomic E-state index is 0.682. The van der Waals surface area contributed by atoms with Gasteiger partial charge in [0.25, 0.3) is 0 Å². The van der Waals surface area contributed by atoms with Gasteiger partial charge in [-0.25, -0.2) is 0 Å². The highest BCUT2D eigenvalue weighted by atomic mass is 28.3. The Kier molecular flexibility index (Phi) is 22.0. The smallest absolute Gasteiger partial charge is 0.351 e. The maximum absolute atomic E-state index is 6.09. The summed E-state index contributed by atoms with van der Waals surface area (Å²) >= 11 is 0. The summed E-state index contributed by atoms with van der Waals surface area (Å²) in [7, 11) is 3.02. The maximum atomic E-state index is 6.09. The molecule has 0 aromatic carbocycles. The lowest BCUT2D eigenvalue weighted by Crippen LogP contribution is -2.61. The molecule has 0 N–H and O–H groups in total. The summed E-state index contributed by atoms with van der Waals surface area (Å²) in [5, 5.41) is 0. The van der Waals surface area contributed by atoms with E-state index in [9.17, 15) is 0 Å². The second-order valence-corrected chi connectivity index (χ2v) is 12.6. The first-order valence-electron chi connectivity index (χ1n) is 14.1. The minimum atomic E-state index is -1.69. The zero-order valence-corrected chi connectivity index (χ0v) is 23.7. The Balaban J connectivity index is 3.83. The van der Waals surface area contributed by atoms with Crippen molar-refractivity contribution in [3.05, 3.63) is 0 Å². The molecule has 0 aromatic heterocycles. The normalized spacial score (nSPS) is 13.3. The first kappa shape index (κ1) is 31.1. The van der Waals surface area contributed by atoms with Crippen LogP contribution in [0.4, 0.5) is 0 Å². The molecule has 0 rings (SSSR count). The third kappa shape index (κ3) is 16.4. The number of rotatable bonds is 24. The van der Waals surface area contributed by atoms with Crippen LogP contribution >= 0.6 is 0 Å². The highest BCUT2D eigenvalue weighted by Crippen LogP contribution is 2.23. The molecule has 0 aromatic rings. The summed E-state index contributed by atoms with van der Waals surface area (Å²) in [5.41, 5.74) is 0. The summed E-state index contributed by atoms with van der Waals surface area (Å²) in [5.74, 6) is 0. The largest absolute Gasteiger partial charge is 0.586 e. The Bertz CT molecular complexity index is 359. The van der Waals surface area contributed by atoms with Crippen molar-refractivity contribution >= 4 is 9.45 Å². The minimum Gasteiger partial charge on any atom is -0.351 e. The van der Waals surface area contributed by atoms with E-state index in [1.807, 2.05) is 0 Å². The molecule has 1 atom stereocenters. The topological polar surface area (TPSA) is 18.5 Å². The number of nitrogens with zero attached hydrogens (tertiary/aromatic N) is 1. The lowest BCUT2D eigenvalue weighted by Gasteiger charge is -2.42. The van der Waals surface area contributed by atoms with Gasteiger partial charge in [-0.1, -0.05) is 110 Å². The molecular formula is C27H60NO2Si+. The molecule has 4 heteroatoms. The van der Waals surface area contributed by atoms with E-state index < -0.39 is 9.45 Å².